The summed E-state index contributed by atoms with van der Waals surface area (Å²) in [6.45, 7) is 19.6. The number of nitrogens with zero attached hydrogens (tertiary/aromatic N) is 4. The molecule has 3 aliphatic rings. The maximum atomic E-state index is 13.7. The van der Waals surface area contributed by atoms with Crippen molar-refractivity contribution in [1.29, 1.82) is 0 Å². The number of amides is 2. The Morgan fingerprint density at radius 3 is 2.33 bits per heavy atom. The van der Waals surface area contributed by atoms with Crippen LogP contribution in [-0.2, 0) is 15.0 Å². The molecule has 0 aromatic heterocycles. The average Bonchev–Trinajstić information content (AvgIpc) is 3.60. The highest BCUT2D eigenvalue weighted by molar-refractivity contribution is 6.13. The Hall–Kier alpha value is -3.28. The van der Waals surface area contributed by atoms with Crippen LogP contribution in [0.15, 0.2) is 57.4 Å². The molecule has 6 nitrogen and oxygen atoms in total. The molecule has 4 rings (SSSR count). The minimum atomic E-state index is -0.741. The number of hydrogen-bond donors (Lipinski definition) is 0. The molecule has 0 saturated heterocycles. The minimum absolute atomic E-state index is 0.0103. The second kappa shape index (κ2) is 8.99. The molecule has 2 heterocycles. The van der Waals surface area contributed by atoms with Crippen LogP contribution in [0.1, 0.15) is 79.4 Å². The predicted molar refractivity (Wildman–Crippen MR) is 148 cm³/mol. The number of carbonyl (C=O) groups excluding carboxylic acids is 2. The van der Waals surface area contributed by atoms with Crippen LogP contribution in [-0.4, -0.2) is 41.7 Å². The van der Waals surface area contributed by atoms with E-state index in [0.29, 0.717) is 5.82 Å². The second-order valence-electron chi connectivity index (χ2n) is 11.3. The van der Waals surface area contributed by atoms with E-state index in [0.717, 1.165) is 46.5 Å². The molecule has 0 N–H and O–H groups in total. The largest absolute Gasteiger partial charge is 0.293 e. The summed E-state index contributed by atoms with van der Waals surface area (Å²) in [6.07, 6.45) is 7.86. The normalized spacial score (nSPS) is 21.9. The lowest BCUT2D eigenvalue weighted by Gasteiger charge is -2.24. The van der Waals surface area contributed by atoms with Crippen LogP contribution in [0, 0.1) is 5.41 Å². The molecule has 1 fully saturated rings. The fourth-order valence-corrected chi connectivity index (χ4v) is 5.10. The summed E-state index contributed by atoms with van der Waals surface area (Å²) in [4.78, 5) is 39.5. The maximum Gasteiger partial charge on any atom is 0.241 e. The van der Waals surface area contributed by atoms with E-state index < -0.39 is 10.8 Å². The zero-order chi connectivity index (χ0) is 26.6. The van der Waals surface area contributed by atoms with Gasteiger partial charge in [0, 0.05) is 29.6 Å². The lowest BCUT2D eigenvalue weighted by molar-refractivity contribution is -0.134. The van der Waals surface area contributed by atoms with Crippen molar-refractivity contribution >= 4 is 36.0 Å². The summed E-state index contributed by atoms with van der Waals surface area (Å²) in [5.41, 5.74) is 4.02. The van der Waals surface area contributed by atoms with Crippen molar-refractivity contribution in [1.82, 2.24) is 4.90 Å². The summed E-state index contributed by atoms with van der Waals surface area (Å²) in [5.74, 6) is 0.674. The molecule has 0 unspecified atom stereocenters. The Morgan fingerprint density at radius 1 is 1.11 bits per heavy atom. The standard InChI is InChI=1S/C30H38N4O2/c1-10-20(17-32-18(2)3)21-11-14-23-25(16-21)33(27(35)29(23,5)6)19(4)15-24-26(31-9)34(22-12-13-22)28(36)30(24,7)8/h10-11,14-18,22H,9,12-13H2,1-8H3/b19-15+,20-10+,32-17-. The predicted octanol–water partition coefficient (Wildman–Crippen LogP) is 6.04. The summed E-state index contributed by atoms with van der Waals surface area (Å²) in [7, 11) is 0. The Labute approximate surface area is 215 Å². The first kappa shape index (κ1) is 25.8. The molecule has 1 aromatic rings. The molecular weight excluding hydrogens is 448 g/mol. The van der Waals surface area contributed by atoms with E-state index in [1.165, 1.54) is 0 Å². The van der Waals surface area contributed by atoms with Crippen LogP contribution < -0.4 is 4.90 Å². The second-order valence-corrected chi connectivity index (χ2v) is 11.3. The third kappa shape index (κ3) is 4.06. The van der Waals surface area contributed by atoms with Gasteiger partial charge in [-0.2, -0.15) is 0 Å². The fraction of sp³-hybridized carbons (Fsp3) is 0.467. The molecule has 1 aliphatic carbocycles. The van der Waals surface area contributed by atoms with Crippen molar-refractivity contribution in [3.63, 3.8) is 0 Å². The van der Waals surface area contributed by atoms with Gasteiger partial charge in [0.1, 0.15) is 5.82 Å². The highest BCUT2D eigenvalue weighted by Crippen LogP contribution is 2.48. The molecule has 6 heteroatoms. The zero-order valence-electron chi connectivity index (χ0n) is 22.8. The minimum Gasteiger partial charge on any atom is -0.293 e. The first-order valence-corrected chi connectivity index (χ1v) is 12.8. The third-order valence-electron chi connectivity index (χ3n) is 7.47. The van der Waals surface area contributed by atoms with Gasteiger partial charge in [-0.15, -0.1) is 0 Å². The number of fused-ring (bicyclic) bond motifs is 1. The van der Waals surface area contributed by atoms with Gasteiger partial charge in [-0.1, -0.05) is 18.2 Å². The van der Waals surface area contributed by atoms with Crippen molar-refractivity contribution in [2.24, 2.45) is 15.4 Å². The van der Waals surface area contributed by atoms with Gasteiger partial charge in [0.15, 0.2) is 0 Å². The van der Waals surface area contributed by atoms with Crippen LogP contribution >= 0.6 is 0 Å². The number of anilines is 1. The van der Waals surface area contributed by atoms with E-state index in [1.807, 2.05) is 73.8 Å². The van der Waals surface area contributed by atoms with Crippen LogP contribution in [0.5, 0.6) is 0 Å². The Balaban J connectivity index is 1.82. The summed E-state index contributed by atoms with van der Waals surface area (Å²) in [5, 5.41) is 0. The van der Waals surface area contributed by atoms with Crippen LogP contribution in [0.4, 0.5) is 5.69 Å². The smallest absolute Gasteiger partial charge is 0.241 e. The Bertz CT molecular complexity index is 1260. The Morgan fingerprint density at radius 2 is 1.78 bits per heavy atom. The van der Waals surface area contributed by atoms with Crippen LogP contribution in [0.3, 0.4) is 0 Å². The average molecular weight is 487 g/mol. The SMILES string of the molecule is C=NC1=C(/C=C(\C)N2C(=O)C(C)(C)c3ccc(C(/C=N\C(C)C)=C/C)cc32)C(C)(C)C(=O)N1C1CC1. The van der Waals surface area contributed by atoms with Crippen molar-refractivity contribution in [2.75, 3.05) is 4.90 Å². The fourth-order valence-electron chi connectivity index (χ4n) is 5.10. The highest BCUT2D eigenvalue weighted by Gasteiger charge is 2.51. The first-order valence-electron chi connectivity index (χ1n) is 12.8. The van der Waals surface area contributed by atoms with Gasteiger partial charge in [0.25, 0.3) is 0 Å². The van der Waals surface area contributed by atoms with E-state index in [2.05, 4.69) is 34.9 Å². The quantitative estimate of drug-likeness (QED) is 0.441. The van der Waals surface area contributed by atoms with Gasteiger partial charge in [0.2, 0.25) is 11.8 Å². The molecular formula is C30H38N4O2. The van der Waals surface area contributed by atoms with Gasteiger partial charge >= 0.3 is 0 Å². The Kier molecular flexibility index (Phi) is 6.44. The third-order valence-corrected chi connectivity index (χ3v) is 7.47. The van der Waals surface area contributed by atoms with Crippen LogP contribution in [0.2, 0.25) is 0 Å². The van der Waals surface area contributed by atoms with Gasteiger partial charge in [-0.05, 0) is 104 Å². The number of aliphatic imine (C=N–C) groups is 2. The molecule has 2 aliphatic heterocycles. The molecule has 0 bridgehead atoms. The van der Waals surface area contributed by atoms with Crippen molar-refractivity contribution in [2.45, 2.75) is 85.7 Å². The molecule has 2 amide bonds. The highest BCUT2D eigenvalue weighted by atomic mass is 16.2. The number of carbonyl (C=O) groups is 2. The maximum absolute atomic E-state index is 13.7. The van der Waals surface area contributed by atoms with Gasteiger partial charge in [-0.25, -0.2) is 4.99 Å². The topological polar surface area (TPSA) is 65.3 Å². The number of allylic oxidation sites excluding steroid dienone is 4. The zero-order valence-corrected chi connectivity index (χ0v) is 22.8. The summed E-state index contributed by atoms with van der Waals surface area (Å²) < 4.78 is 0. The molecule has 1 aromatic carbocycles. The molecule has 0 radical (unpaired) electrons. The monoisotopic (exact) mass is 486 g/mol. The van der Waals surface area contributed by atoms with E-state index >= 15 is 0 Å². The first-order chi connectivity index (χ1) is 16.9. The van der Waals surface area contributed by atoms with Crippen molar-refractivity contribution in [3.05, 3.63) is 58.6 Å². The van der Waals surface area contributed by atoms with E-state index in [9.17, 15) is 9.59 Å². The van der Waals surface area contributed by atoms with Crippen LogP contribution in [0.25, 0.3) is 5.57 Å². The van der Waals surface area contributed by atoms with E-state index in [-0.39, 0.29) is 23.9 Å². The molecule has 1 saturated carbocycles. The van der Waals surface area contributed by atoms with Gasteiger partial charge in [-0.3, -0.25) is 24.4 Å². The summed E-state index contributed by atoms with van der Waals surface area (Å²) in [6, 6.07) is 6.59. The van der Waals surface area contributed by atoms with Gasteiger partial charge < -0.3 is 0 Å². The van der Waals surface area contributed by atoms with Crippen molar-refractivity contribution < 1.29 is 9.59 Å². The number of rotatable bonds is 7. The number of benzene rings is 1. The van der Waals surface area contributed by atoms with E-state index in [1.54, 1.807) is 9.80 Å². The molecule has 36 heavy (non-hydrogen) atoms. The lowest BCUT2D eigenvalue weighted by Crippen LogP contribution is -2.35. The molecule has 190 valence electrons. The molecule has 0 atom stereocenters. The molecule has 0 spiro atoms. The summed E-state index contributed by atoms with van der Waals surface area (Å²) >= 11 is 0. The van der Waals surface area contributed by atoms with Crippen molar-refractivity contribution in [3.8, 4) is 0 Å². The number of hydrogen-bond acceptors (Lipinski definition) is 4. The van der Waals surface area contributed by atoms with Gasteiger partial charge in [0.05, 0.1) is 16.5 Å². The van der Waals surface area contributed by atoms with E-state index in [4.69, 9.17) is 0 Å². The lowest BCUT2D eigenvalue weighted by atomic mass is 9.85.